The third-order valence-electron chi connectivity index (χ3n) is 12.2. The maximum atomic E-state index is 12.8. The molecule has 3 heteroatoms. The highest BCUT2D eigenvalue weighted by atomic mass is 16.3. The van der Waals surface area contributed by atoms with Crippen LogP contribution in [0.3, 0.4) is 0 Å². The van der Waals surface area contributed by atoms with Crippen LogP contribution in [0.4, 0.5) is 0 Å². The molecule has 2 N–H and O–H groups in total. The van der Waals surface area contributed by atoms with Crippen molar-refractivity contribution in [1.29, 1.82) is 0 Å². The summed E-state index contributed by atoms with van der Waals surface area (Å²) in [6.45, 7) is 20.1. The molecule has 0 radical (unpaired) electrons. The first kappa shape index (κ1) is 25.4. The standard InChI is InChI=1S/C30H50O3/c1-19(9-12-25(32)27(4,5)33)20-13-17-29(7)21(20)10-11-23-28(6)16-15-24(31)26(2,3)22(28)14-18-30(23,29)8/h20-23,25,32-33H,1,9-18H2,2-8H3/t20-,21?,22?,23-,25?,28+,29+,30-/m1/s1. The fourth-order valence-corrected chi connectivity index (χ4v) is 9.89. The SMILES string of the molecule is C=C(CCC(O)C(C)(C)O)[C@H]1CC[C@@]2(C)C1CC[C@@H]1[C@@]3(C)CCC(=O)C(C)(C)C3CC[C@]12C. The summed E-state index contributed by atoms with van der Waals surface area (Å²) < 4.78 is 0. The zero-order chi connectivity index (χ0) is 24.6. The van der Waals surface area contributed by atoms with Crippen LogP contribution in [-0.2, 0) is 4.79 Å². The summed E-state index contributed by atoms with van der Waals surface area (Å²) in [7, 11) is 0. The van der Waals surface area contributed by atoms with Gasteiger partial charge in [-0.05, 0) is 112 Å². The molecule has 0 aromatic heterocycles. The molecular weight excluding hydrogens is 408 g/mol. The van der Waals surface area contributed by atoms with Gasteiger partial charge in [-0.15, -0.1) is 0 Å². The van der Waals surface area contributed by atoms with E-state index in [9.17, 15) is 15.0 Å². The summed E-state index contributed by atoms with van der Waals surface area (Å²) in [6, 6.07) is 0. The Kier molecular flexibility index (Phi) is 6.10. The van der Waals surface area contributed by atoms with Crippen molar-refractivity contribution in [3.63, 3.8) is 0 Å². The molecule has 8 atom stereocenters. The van der Waals surface area contributed by atoms with E-state index in [1.54, 1.807) is 13.8 Å². The number of allylic oxidation sites excluding steroid dienone is 1. The normalized spacial score (nSPS) is 45.7. The van der Waals surface area contributed by atoms with E-state index in [4.69, 9.17) is 0 Å². The van der Waals surface area contributed by atoms with Crippen LogP contribution < -0.4 is 0 Å². The smallest absolute Gasteiger partial charge is 0.138 e. The fraction of sp³-hybridized carbons (Fsp3) is 0.900. The largest absolute Gasteiger partial charge is 0.390 e. The summed E-state index contributed by atoms with van der Waals surface area (Å²) >= 11 is 0. The van der Waals surface area contributed by atoms with Gasteiger partial charge in [0.25, 0.3) is 0 Å². The Labute approximate surface area is 202 Å². The van der Waals surface area contributed by atoms with Crippen molar-refractivity contribution >= 4 is 5.78 Å². The minimum atomic E-state index is -1.06. The van der Waals surface area contributed by atoms with Crippen molar-refractivity contribution in [1.82, 2.24) is 0 Å². The van der Waals surface area contributed by atoms with Crippen molar-refractivity contribution in [2.24, 2.45) is 45.3 Å². The highest BCUT2D eigenvalue weighted by molar-refractivity contribution is 5.85. The van der Waals surface area contributed by atoms with E-state index in [1.807, 2.05) is 0 Å². The van der Waals surface area contributed by atoms with E-state index in [0.717, 1.165) is 19.3 Å². The Bertz CT molecular complexity index is 806. The molecule has 4 rings (SSSR count). The first-order valence-electron chi connectivity index (χ1n) is 13.7. The van der Waals surface area contributed by atoms with Crippen LogP contribution in [0, 0.1) is 45.3 Å². The molecule has 4 aliphatic rings. The van der Waals surface area contributed by atoms with Crippen LogP contribution >= 0.6 is 0 Å². The monoisotopic (exact) mass is 458 g/mol. The number of hydrogen-bond acceptors (Lipinski definition) is 3. The van der Waals surface area contributed by atoms with E-state index >= 15 is 0 Å². The second-order valence-electron chi connectivity index (χ2n) is 14.3. The van der Waals surface area contributed by atoms with Crippen LogP contribution in [0.5, 0.6) is 0 Å². The van der Waals surface area contributed by atoms with Gasteiger partial charge in [-0.3, -0.25) is 4.79 Å². The summed E-state index contributed by atoms with van der Waals surface area (Å²) in [4.78, 5) is 12.8. The maximum absolute atomic E-state index is 12.8. The average Bonchev–Trinajstić information content (AvgIpc) is 3.07. The number of aliphatic hydroxyl groups excluding tert-OH is 1. The predicted molar refractivity (Wildman–Crippen MR) is 135 cm³/mol. The first-order valence-corrected chi connectivity index (χ1v) is 13.7. The Morgan fingerprint density at radius 1 is 1.00 bits per heavy atom. The number of carbonyl (C=O) groups is 1. The lowest BCUT2D eigenvalue weighted by Gasteiger charge is -2.69. The molecule has 0 aromatic rings. The Morgan fingerprint density at radius 3 is 2.27 bits per heavy atom. The molecular formula is C30H50O3. The molecule has 0 aliphatic heterocycles. The number of hydrogen-bond donors (Lipinski definition) is 2. The highest BCUT2D eigenvalue weighted by Crippen LogP contribution is 2.75. The van der Waals surface area contributed by atoms with Crippen LogP contribution in [-0.4, -0.2) is 27.7 Å². The molecule has 0 amide bonds. The van der Waals surface area contributed by atoms with Gasteiger partial charge >= 0.3 is 0 Å². The Balaban J connectivity index is 1.55. The number of aliphatic hydroxyl groups is 2. The molecule has 0 heterocycles. The van der Waals surface area contributed by atoms with Crippen molar-refractivity contribution in [3.8, 4) is 0 Å². The second kappa shape index (κ2) is 7.92. The minimum Gasteiger partial charge on any atom is -0.390 e. The highest BCUT2D eigenvalue weighted by Gasteiger charge is 2.68. The van der Waals surface area contributed by atoms with Crippen LogP contribution in [0.25, 0.3) is 0 Å². The number of ketones is 1. The zero-order valence-electron chi connectivity index (χ0n) is 22.5. The quantitative estimate of drug-likeness (QED) is 0.450. The molecule has 0 aromatic carbocycles. The molecule has 33 heavy (non-hydrogen) atoms. The van der Waals surface area contributed by atoms with Crippen LogP contribution in [0.15, 0.2) is 12.2 Å². The number of Topliss-reactive ketones (excluding diaryl/α,β-unsaturated/α-hetero) is 1. The van der Waals surface area contributed by atoms with E-state index in [-0.39, 0.29) is 10.8 Å². The van der Waals surface area contributed by atoms with Gasteiger partial charge in [-0.2, -0.15) is 0 Å². The first-order chi connectivity index (χ1) is 15.1. The van der Waals surface area contributed by atoms with E-state index in [0.29, 0.717) is 46.7 Å². The zero-order valence-corrected chi connectivity index (χ0v) is 22.5. The van der Waals surface area contributed by atoms with Gasteiger partial charge in [-0.1, -0.05) is 46.8 Å². The van der Waals surface area contributed by atoms with E-state index in [1.165, 1.54) is 44.1 Å². The van der Waals surface area contributed by atoms with Gasteiger partial charge in [0.15, 0.2) is 0 Å². The van der Waals surface area contributed by atoms with E-state index < -0.39 is 11.7 Å². The lowest BCUT2D eigenvalue weighted by atomic mass is 9.35. The molecule has 0 saturated heterocycles. The summed E-state index contributed by atoms with van der Waals surface area (Å²) in [5, 5.41) is 20.5. The molecule has 0 bridgehead atoms. The van der Waals surface area contributed by atoms with Gasteiger partial charge in [-0.25, -0.2) is 0 Å². The molecule has 0 spiro atoms. The van der Waals surface area contributed by atoms with Gasteiger partial charge < -0.3 is 10.2 Å². The van der Waals surface area contributed by atoms with Crippen molar-refractivity contribution in [2.45, 2.75) is 124 Å². The minimum absolute atomic E-state index is 0.181. The van der Waals surface area contributed by atoms with Gasteiger partial charge in [0.05, 0.1) is 11.7 Å². The van der Waals surface area contributed by atoms with Crippen molar-refractivity contribution < 1.29 is 15.0 Å². The lowest BCUT2D eigenvalue weighted by Crippen LogP contribution is -2.63. The van der Waals surface area contributed by atoms with Crippen molar-refractivity contribution in [2.75, 3.05) is 0 Å². The van der Waals surface area contributed by atoms with Crippen LogP contribution in [0.2, 0.25) is 0 Å². The van der Waals surface area contributed by atoms with Gasteiger partial charge in [0, 0.05) is 11.8 Å². The van der Waals surface area contributed by atoms with Gasteiger partial charge in [0.1, 0.15) is 5.78 Å². The summed E-state index contributed by atoms with van der Waals surface area (Å²) in [5.41, 5.74) is 0.958. The van der Waals surface area contributed by atoms with Crippen molar-refractivity contribution in [3.05, 3.63) is 12.2 Å². The van der Waals surface area contributed by atoms with E-state index in [2.05, 4.69) is 41.2 Å². The molecule has 4 fully saturated rings. The Morgan fingerprint density at radius 2 is 1.64 bits per heavy atom. The summed E-state index contributed by atoms with van der Waals surface area (Å²) in [5.74, 6) is 2.90. The topological polar surface area (TPSA) is 57.5 Å². The average molecular weight is 459 g/mol. The molecule has 3 unspecified atom stereocenters. The molecule has 4 saturated carbocycles. The Hall–Kier alpha value is -0.670. The molecule has 3 nitrogen and oxygen atoms in total. The number of fused-ring (bicyclic) bond motifs is 5. The van der Waals surface area contributed by atoms with Gasteiger partial charge in [0.2, 0.25) is 0 Å². The fourth-order valence-electron chi connectivity index (χ4n) is 9.89. The molecule has 188 valence electrons. The third-order valence-corrected chi connectivity index (χ3v) is 12.2. The molecule has 4 aliphatic carbocycles. The predicted octanol–water partition coefficient (Wildman–Crippen LogP) is 6.71. The number of rotatable bonds is 5. The maximum Gasteiger partial charge on any atom is 0.138 e. The van der Waals surface area contributed by atoms with Crippen LogP contribution in [0.1, 0.15) is 113 Å². The third kappa shape index (κ3) is 3.62. The summed E-state index contributed by atoms with van der Waals surface area (Å²) in [6.07, 6.45) is 9.99. The lowest BCUT2D eigenvalue weighted by molar-refractivity contribution is -0.201. The number of carbonyl (C=O) groups excluding carboxylic acids is 1. The second-order valence-corrected chi connectivity index (χ2v) is 14.3.